The fourth-order valence-corrected chi connectivity index (χ4v) is 5.40. The van der Waals surface area contributed by atoms with Crippen molar-refractivity contribution >= 4 is 0 Å². The van der Waals surface area contributed by atoms with E-state index in [1.54, 1.807) is 0 Å². The molecular formula is C32H45NO. The number of ether oxygens (including phenoxy) is 1. The molecule has 1 aliphatic carbocycles. The van der Waals surface area contributed by atoms with E-state index in [0.717, 1.165) is 50.9 Å². The highest BCUT2D eigenvalue weighted by molar-refractivity contribution is 5.64. The van der Waals surface area contributed by atoms with Gasteiger partial charge in [0.05, 0.1) is 18.1 Å². The van der Waals surface area contributed by atoms with Gasteiger partial charge >= 0.3 is 0 Å². The normalized spacial score (nSPS) is 20.1. The summed E-state index contributed by atoms with van der Waals surface area (Å²) >= 11 is 0. The molecule has 2 nitrogen and oxygen atoms in total. The van der Waals surface area contributed by atoms with Gasteiger partial charge in [-0.1, -0.05) is 102 Å². The van der Waals surface area contributed by atoms with Crippen molar-refractivity contribution in [2.24, 2.45) is 5.41 Å². The Hall–Kier alpha value is -2.27. The average Bonchev–Trinajstić information content (AvgIpc) is 2.89. The lowest BCUT2D eigenvalue weighted by atomic mass is 9.67. The van der Waals surface area contributed by atoms with Crippen LogP contribution < -0.4 is 4.74 Å². The molecule has 34 heavy (non-hydrogen) atoms. The number of nitriles is 1. The fraction of sp³-hybridized carbons (Fsp3) is 0.594. The fourth-order valence-electron chi connectivity index (χ4n) is 5.40. The molecule has 3 rings (SSSR count). The van der Waals surface area contributed by atoms with Crippen molar-refractivity contribution in [1.29, 1.82) is 5.26 Å². The third-order valence-electron chi connectivity index (χ3n) is 7.78. The van der Waals surface area contributed by atoms with Crippen molar-refractivity contribution in [3.63, 3.8) is 0 Å². The molecule has 0 aliphatic heterocycles. The lowest BCUT2D eigenvalue weighted by Gasteiger charge is -2.35. The quantitative estimate of drug-likeness (QED) is 0.263. The van der Waals surface area contributed by atoms with E-state index in [9.17, 15) is 5.26 Å². The lowest BCUT2D eigenvalue weighted by molar-refractivity contribution is 0.223. The summed E-state index contributed by atoms with van der Waals surface area (Å²) < 4.78 is 5.89. The van der Waals surface area contributed by atoms with E-state index in [1.807, 2.05) is 0 Å². The first-order valence-corrected chi connectivity index (χ1v) is 13.9. The van der Waals surface area contributed by atoms with Crippen LogP contribution in [0.5, 0.6) is 5.75 Å². The molecular weight excluding hydrogens is 414 g/mol. The first-order valence-electron chi connectivity index (χ1n) is 13.9. The Kier molecular flexibility index (Phi) is 11.0. The zero-order valence-electron chi connectivity index (χ0n) is 21.7. The monoisotopic (exact) mass is 459 g/mol. The molecule has 2 aromatic carbocycles. The van der Waals surface area contributed by atoms with Gasteiger partial charge in [0.15, 0.2) is 0 Å². The minimum Gasteiger partial charge on any atom is -0.494 e. The number of benzene rings is 2. The van der Waals surface area contributed by atoms with Crippen LogP contribution >= 0.6 is 0 Å². The van der Waals surface area contributed by atoms with E-state index in [0.29, 0.717) is 5.92 Å². The number of nitrogens with zero attached hydrogens (tertiary/aromatic N) is 1. The van der Waals surface area contributed by atoms with Gasteiger partial charge in [0.1, 0.15) is 5.75 Å². The summed E-state index contributed by atoms with van der Waals surface area (Å²) in [6.45, 7) is 5.30. The Bertz CT molecular complexity index is 853. The van der Waals surface area contributed by atoms with Crippen LogP contribution in [0.25, 0.3) is 11.1 Å². The molecule has 0 heterocycles. The van der Waals surface area contributed by atoms with E-state index >= 15 is 0 Å². The van der Waals surface area contributed by atoms with Gasteiger partial charge < -0.3 is 4.74 Å². The Morgan fingerprint density at radius 3 is 1.91 bits per heavy atom. The van der Waals surface area contributed by atoms with Crippen LogP contribution in [-0.2, 0) is 0 Å². The summed E-state index contributed by atoms with van der Waals surface area (Å²) in [5.74, 6) is 1.56. The second kappa shape index (κ2) is 14.2. The van der Waals surface area contributed by atoms with Crippen LogP contribution in [0.3, 0.4) is 0 Å². The summed E-state index contributed by atoms with van der Waals surface area (Å²) in [7, 11) is 0. The molecule has 2 heteroatoms. The molecule has 0 bridgehead atoms. The van der Waals surface area contributed by atoms with Gasteiger partial charge in [-0.15, -0.1) is 0 Å². The number of hydrogen-bond donors (Lipinski definition) is 0. The van der Waals surface area contributed by atoms with Crippen LogP contribution in [-0.4, -0.2) is 6.61 Å². The molecule has 1 aliphatic rings. The molecule has 0 N–H and O–H groups in total. The van der Waals surface area contributed by atoms with E-state index in [4.69, 9.17) is 4.74 Å². The van der Waals surface area contributed by atoms with Gasteiger partial charge in [-0.2, -0.15) is 5.26 Å². The van der Waals surface area contributed by atoms with Crippen LogP contribution in [0.2, 0.25) is 0 Å². The van der Waals surface area contributed by atoms with E-state index in [1.165, 1.54) is 68.1 Å². The summed E-state index contributed by atoms with van der Waals surface area (Å²) in [4.78, 5) is 0. The third kappa shape index (κ3) is 7.90. The summed E-state index contributed by atoms with van der Waals surface area (Å²) in [6.07, 6.45) is 16.9. The van der Waals surface area contributed by atoms with Crippen molar-refractivity contribution in [2.75, 3.05) is 6.61 Å². The topological polar surface area (TPSA) is 33.0 Å². The van der Waals surface area contributed by atoms with Crippen molar-refractivity contribution in [2.45, 2.75) is 110 Å². The minimum absolute atomic E-state index is 0.0670. The Morgan fingerprint density at radius 1 is 0.765 bits per heavy atom. The summed E-state index contributed by atoms with van der Waals surface area (Å²) in [5, 5.41) is 9.91. The van der Waals surface area contributed by atoms with Crippen molar-refractivity contribution in [3.05, 3.63) is 54.1 Å². The molecule has 1 saturated carbocycles. The average molecular weight is 460 g/mol. The van der Waals surface area contributed by atoms with E-state index in [-0.39, 0.29) is 5.41 Å². The first-order chi connectivity index (χ1) is 16.7. The van der Waals surface area contributed by atoms with Crippen molar-refractivity contribution in [1.82, 2.24) is 0 Å². The summed E-state index contributed by atoms with van der Waals surface area (Å²) in [6, 6.07) is 20.4. The second-order valence-electron chi connectivity index (χ2n) is 10.4. The highest BCUT2D eigenvalue weighted by Crippen LogP contribution is 2.45. The van der Waals surface area contributed by atoms with Crippen LogP contribution in [0, 0.1) is 16.7 Å². The molecule has 0 amide bonds. The molecule has 1 fully saturated rings. The predicted octanol–water partition coefficient (Wildman–Crippen LogP) is 9.84. The number of rotatable bonds is 14. The molecule has 184 valence electrons. The molecule has 0 atom stereocenters. The van der Waals surface area contributed by atoms with Crippen molar-refractivity contribution in [3.8, 4) is 22.9 Å². The highest BCUT2D eigenvalue weighted by Gasteiger charge is 2.35. The number of hydrogen-bond acceptors (Lipinski definition) is 2. The van der Waals surface area contributed by atoms with Gasteiger partial charge in [0.25, 0.3) is 0 Å². The largest absolute Gasteiger partial charge is 0.494 e. The smallest absolute Gasteiger partial charge is 0.119 e. The molecule has 0 aromatic heterocycles. The molecule has 0 unspecified atom stereocenters. The molecule has 0 radical (unpaired) electrons. The van der Waals surface area contributed by atoms with Crippen LogP contribution in [0.4, 0.5) is 0 Å². The second-order valence-corrected chi connectivity index (χ2v) is 10.4. The zero-order valence-corrected chi connectivity index (χ0v) is 21.7. The number of unbranched alkanes of at least 4 members (excludes halogenated alkanes) is 7. The maximum Gasteiger partial charge on any atom is 0.119 e. The van der Waals surface area contributed by atoms with Gasteiger partial charge in [0, 0.05) is 0 Å². The Morgan fingerprint density at radius 2 is 1.32 bits per heavy atom. The highest BCUT2D eigenvalue weighted by atomic mass is 16.5. The van der Waals surface area contributed by atoms with Crippen molar-refractivity contribution < 1.29 is 4.74 Å². The molecule has 0 saturated heterocycles. The third-order valence-corrected chi connectivity index (χ3v) is 7.78. The first kappa shape index (κ1) is 26.3. The van der Waals surface area contributed by atoms with Crippen LogP contribution in [0.1, 0.15) is 115 Å². The minimum atomic E-state index is -0.0670. The zero-order chi connectivity index (χ0) is 24.1. The maximum atomic E-state index is 9.91. The Labute approximate surface area is 208 Å². The van der Waals surface area contributed by atoms with E-state index < -0.39 is 0 Å². The predicted molar refractivity (Wildman–Crippen MR) is 144 cm³/mol. The Balaban J connectivity index is 1.48. The van der Waals surface area contributed by atoms with Gasteiger partial charge in [-0.25, -0.2) is 0 Å². The maximum absolute atomic E-state index is 9.91. The van der Waals surface area contributed by atoms with Gasteiger partial charge in [0.2, 0.25) is 0 Å². The van der Waals surface area contributed by atoms with Crippen LogP contribution in [0.15, 0.2) is 48.5 Å². The molecule has 0 spiro atoms. The standard InChI is InChI=1S/C32H45NO/c1-3-5-7-9-10-22-32(26-33)23-20-30(21-24-32)28-14-12-27(13-15-28)29-16-18-31(19-17-29)34-25-11-8-6-4-2/h12-19,30H,3-11,20-25H2,1-2H3. The van der Waals surface area contributed by atoms with E-state index in [2.05, 4.69) is 68.4 Å². The molecule has 2 aromatic rings. The van der Waals surface area contributed by atoms with Gasteiger partial charge in [-0.3, -0.25) is 0 Å². The van der Waals surface area contributed by atoms with Gasteiger partial charge in [-0.05, 0) is 73.3 Å². The summed E-state index contributed by atoms with van der Waals surface area (Å²) in [5.41, 5.74) is 3.86. The SMILES string of the molecule is CCCCCCCC1(C#N)CCC(c2ccc(-c3ccc(OCCCCCC)cc3)cc2)CC1. The lowest BCUT2D eigenvalue weighted by Crippen LogP contribution is -2.25.